The Hall–Kier alpha value is -1.75. The first-order valence-corrected chi connectivity index (χ1v) is 8.00. The molecule has 1 amide bonds. The van der Waals surface area contributed by atoms with Crippen molar-refractivity contribution in [3.8, 4) is 5.75 Å². The van der Waals surface area contributed by atoms with Crippen molar-refractivity contribution in [1.29, 1.82) is 0 Å². The Balaban J connectivity index is 0.00000288. The highest BCUT2D eigenvalue weighted by Gasteiger charge is 2.14. The fourth-order valence-electron chi connectivity index (χ4n) is 2.16. The van der Waals surface area contributed by atoms with Gasteiger partial charge in [0.25, 0.3) is 0 Å². The van der Waals surface area contributed by atoms with E-state index in [1.807, 2.05) is 37.3 Å². The second-order valence-corrected chi connectivity index (χ2v) is 5.69. The molecule has 0 bridgehead atoms. The molecule has 0 saturated carbocycles. The van der Waals surface area contributed by atoms with E-state index in [0.717, 1.165) is 12.0 Å². The predicted molar refractivity (Wildman–Crippen MR) is 101 cm³/mol. The molecule has 3 N–H and O–H groups in total. The van der Waals surface area contributed by atoms with Crippen molar-refractivity contribution in [2.75, 3.05) is 11.9 Å². The van der Waals surface area contributed by atoms with E-state index >= 15 is 0 Å². The molecule has 4 nitrogen and oxygen atoms in total. The van der Waals surface area contributed by atoms with E-state index in [0.29, 0.717) is 23.1 Å². The van der Waals surface area contributed by atoms with Crippen LogP contribution < -0.4 is 15.8 Å². The Morgan fingerprint density at radius 3 is 2.62 bits per heavy atom. The fraction of sp³-hybridized carbons (Fsp3) is 0.278. The molecule has 0 radical (unpaired) electrons. The zero-order valence-corrected chi connectivity index (χ0v) is 15.1. The van der Waals surface area contributed by atoms with Crippen LogP contribution in [-0.2, 0) is 4.79 Å². The van der Waals surface area contributed by atoms with Gasteiger partial charge in [0, 0.05) is 17.5 Å². The van der Waals surface area contributed by atoms with Gasteiger partial charge in [0.15, 0.2) is 0 Å². The van der Waals surface area contributed by atoms with E-state index < -0.39 is 0 Å². The van der Waals surface area contributed by atoms with Gasteiger partial charge in [-0.25, -0.2) is 0 Å². The number of carbonyl (C=O) groups is 1. The van der Waals surface area contributed by atoms with Crippen molar-refractivity contribution in [2.45, 2.75) is 25.8 Å². The lowest BCUT2D eigenvalue weighted by atomic mass is 10.0. The number of anilines is 1. The number of nitrogens with two attached hydrogens (primary N) is 1. The van der Waals surface area contributed by atoms with Crippen molar-refractivity contribution in [3.05, 3.63) is 59.1 Å². The molecule has 0 aliphatic heterocycles. The molecule has 2 aromatic carbocycles. The van der Waals surface area contributed by atoms with Crippen LogP contribution >= 0.6 is 24.0 Å². The molecule has 2 rings (SSSR count). The van der Waals surface area contributed by atoms with E-state index in [1.54, 1.807) is 18.2 Å². The minimum atomic E-state index is -0.351. The average Bonchev–Trinajstić information content (AvgIpc) is 2.55. The zero-order valence-electron chi connectivity index (χ0n) is 13.5. The average molecular weight is 369 g/mol. The summed E-state index contributed by atoms with van der Waals surface area (Å²) in [6, 6.07) is 14.4. The molecule has 24 heavy (non-hydrogen) atoms. The van der Waals surface area contributed by atoms with Crippen LogP contribution in [0.4, 0.5) is 5.69 Å². The summed E-state index contributed by atoms with van der Waals surface area (Å²) in [5.41, 5.74) is 7.57. The van der Waals surface area contributed by atoms with Crippen LogP contribution in [0.15, 0.2) is 48.5 Å². The molecule has 0 aliphatic rings. The largest absolute Gasteiger partial charge is 0.491 e. The molecular weight excluding hydrogens is 347 g/mol. The number of amides is 1. The van der Waals surface area contributed by atoms with Gasteiger partial charge in [-0.05, 0) is 30.2 Å². The second kappa shape index (κ2) is 10.2. The van der Waals surface area contributed by atoms with E-state index in [-0.39, 0.29) is 30.8 Å². The number of ether oxygens (including phenoxy) is 1. The van der Waals surface area contributed by atoms with E-state index in [4.69, 9.17) is 22.1 Å². The maximum Gasteiger partial charge on any atom is 0.226 e. The number of rotatable bonds is 7. The molecule has 0 aromatic heterocycles. The molecule has 0 spiro atoms. The predicted octanol–water partition coefficient (Wildman–Crippen LogP) is 4.58. The van der Waals surface area contributed by atoms with Crippen molar-refractivity contribution in [1.82, 2.24) is 0 Å². The Morgan fingerprint density at radius 2 is 1.96 bits per heavy atom. The quantitative estimate of drug-likeness (QED) is 0.751. The molecule has 2 aromatic rings. The Bertz CT molecular complexity index is 651. The molecule has 6 heteroatoms. The van der Waals surface area contributed by atoms with E-state index in [9.17, 15) is 4.79 Å². The molecule has 0 fully saturated rings. The van der Waals surface area contributed by atoms with Crippen LogP contribution in [0.2, 0.25) is 5.02 Å². The number of carbonyl (C=O) groups excluding carboxylic acids is 1. The van der Waals surface area contributed by atoms with Crippen molar-refractivity contribution >= 4 is 35.6 Å². The normalized spacial score (nSPS) is 11.3. The van der Waals surface area contributed by atoms with Crippen LogP contribution in [-0.4, -0.2) is 12.5 Å². The highest BCUT2D eigenvalue weighted by Crippen LogP contribution is 2.28. The first-order chi connectivity index (χ1) is 11.1. The van der Waals surface area contributed by atoms with Gasteiger partial charge < -0.3 is 15.8 Å². The Labute approximate surface area is 153 Å². The van der Waals surface area contributed by atoms with Crippen molar-refractivity contribution < 1.29 is 9.53 Å². The maximum absolute atomic E-state index is 12.2. The van der Waals surface area contributed by atoms with Gasteiger partial charge in [-0.15, -0.1) is 12.4 Å². The standard InChI is InChI=1S/C18H21ClN2O2.ClH/c1-2-10-23-17-9-8-14(19)11-16(17)21-18(22)12-15(20)13-6-4-3-5-7-13;/h3-9,11,15H,2,10,12,20H2,1H3,(H,21,22);1H. The van der Waals surface area contributed by atoms with Crippen molar-refractivity contribution in [2.24, 2.45) is 5.73 Å². The molecule has 0 aliphatic carbocycles. The van der Waals surface area contributed by atoms with Crippen LogP contribution in [0.25, 0.3) is 0 Å². The fourth-order valence-corrected chi connectivity index (χ4v) is 2.33. The highest BCUT2D eigenvalue weighted by atomic mass is 35.5. The number of nitrogens with one attached hydrogen (secondary N) is 1. The topological polar surface area (TPSA) is 64.3 Å². The lowest BCUT2D eigenvalue weighted by molar-refractivity contribution is -0.116. The summed E-state index contributed by atoms with van der Waals surface area (Å²) >= 11 is 6.00. The van der Waals surface area contributed by atoms with E-state index in [2.05, 4.69) is 5.32 Å². The van der Waals surface area contributed by atoms with Crippen LogP contribution in [0.5, 0.6) is 5.75 Å². The maximum atomic E-state index is 12.2. The van der Waals surface area contributed by atoms with Gasteiger partial charge >= 0.3 is 0 Å². The van der Waals surface area contributed by atoms with Gasteiger partial charge in [0.1, 0.15) is 5.75 Å². The molecule has 1 atom stereocenters. The van der Waals surface area contributed by atoms with E-state index in [1.165, 1.54) is 0 Å². The Kier molecular flexibility index (Phi) is 8.61. The molecule has 1 unspecified atom stereocenters. The summed E-state index contributed by atoms with van der Waals surface area (Å²) in [5.74, 6) is 0.433. The van der Waals surface area contributed by atoms with Gasteiger partial charge in [-0.3, -0.25) is 4.79 Å². The Morgan fingerprint density at radius 1 is 1.25 bits per heavy atom. The molecular formula is C18H22Cl2N2O2. The number of benzene rings is 2. The van der Waals surface area contributed by atoms with Crippen LogP contribution in [0.3, 0.4) is 0 Å². The molecule has 0 saturated heterocycles. The lowest BCUT2D eigenvalue weighted by Crippen LogP contribution is -2.21. The van der Waals surface area contributed by atoms with Crippen LogP contribution in [0.1, 0.15) is 31.4 Å². The van der Waals surface area contributed by atoms with Crippen LogP contribution in [0, 0.1) is 0 Å². The molecule has 0 heterocycles. The summed E-state index contributed by atoms with van der Waals surface area (Å²) in [7, 11) is 0. The van der Waals surface area contributed by atoms with Gasteiger partial charge in [-0.1, -0.05) is 48.9 Å². The minimum absolute atomic E-state index is 0. The summed E-state index contributed by atoms with van der Waals surface area (Å²) < 4.78 is 5.63. The summed E-state index contributed by atoms with van der Waals surface area (Å²) in [6.45, 7) is 2.60. The third-order valence-electron chi connectivity index (χ3n) is 3.31. The number of halogens is 2. The summed E-state index contributed by atoms with van der Waals surface area (Å²) in [4.78, 5) is 12.2. The van der Waals surface area contributed by atoms with Crippen molar-refractivity contribution in [3.63, 3.8) is 0 Å². The number of hydrogen-bond donors (Lipinski definition) is 2. The second-order valence-electron chi connectivity index (χ2n) is 5.26. The summed E-state index contributed by atoms with van der Waals surface area (Å²) in [5, 5.41) is 3.37. The van der Waals surface area contributed by atoms with Gasteiger partial charge in [0.05, 0.1) is 12.3 Å². The monoisotopic (exact) mass is 368 g/mol. The third kappa shape index (κ3) is 6.04. The molecule has 130 valence electrons. The lowest BCUT2D eigenvalue weighted by Gasteiger charge is -2.15. The first kappa shape index (κ1) is 20.3. The third-order valence-corrected chi connectivity index (χ3v) is 3.55. The minimum Gasteiger partial charge on any atom is -0.491 e. The first-order valence-electron chi connectivity index (χ1n) is 7.63. The zero-order chi connectivity index (χ0) is 16.7. The SMILES string of the molecule is CCCOc1ccc(Cl)cc1NC(=O)CC(N)c1ccccc1.Cl. The van der Waals surface area contributed by atoms with Gasteiger partial charge in [0.2, 0.25) is 5.91 Å². The number of hydrogen-bond acceptors (Lipinski definition) is 3. The summed E-state index contributed by atoms with van der Waals surface area (Å²) in [6.07, 6.45) is 1.07. The smallest absolute Gasteiger partial charge is 0.226 e. The van der Waals surface area contributed by atoms with Gasteiger partial charge in [-0.2, -0.15) is 0 Å². The highest BCUT2D eigenvalue weighted by molar-refractivity contribution is 6.31.